The Hall–Kier alpha value is -1.47. The van der Waals surface area contributed by atoms with Gasteiger partial charge in [0, 0.05) is 27.1 Å². The molecule has 0 unspecified atom stereocenters. The molecule has 0 saturated heterocycles. The molecule has 2 aromatic rings. The monoisotopic (exact) mass is 523 g/mol. The first-order valence-corrected chi connectivity index (χ1v) is 5.92. The molecule has 0 saturated carbocycles. The summed E-state index contributed by atoms with van der Waals surface area (Å²) in [5, 5.41) is 0.109. The van der Waals surface area contributed by atoms with E-state index in [1.54, 1.807) is 0 Å². The maximum absolute atomic E-state index is 12.8. The third-order valence-electron chi connectivity index (χ3n) is 2.64. The normalized spacial score (nSPS) is 11.4. The van der Waals surface area contributed by atoms with Crippen LogP contribution in [0, 0.1) is 6.07 Å². The fourth-order valence-electron chi connectivity index (χ4n) is 1.74. The van der Waals surface area contributed by atoms with Crippen LogP contribution in [0.25, 0.3) is 5.69 Å². The number of rotatable bonds is 2. The van der Waals surface area contributed by atoms with Crippen molar-refractivity contribution in [3.63, 3.8) is 0 Å². The molecular formula is C12H5ClF5N2O2W-. The van der Waals surface area contributed by atoms with Crippen molar-refractivity contribution < 1.29 is 43.0 Å². The van der Waals surface area contributed by atoms with Crippen molar-refractivity contribution in [1.29, 1.82) is 0 Å². The van der Waals surface area contributed by atoms with Crippen LogP contribution >= 0.6 is 11.6 Å². The van der Waals surface area contributed by atoms with Gasteiger partial charge in [0.15, 0.2) is 0 Å². The van der Waals surface area contributed by atoms with Gasteiger partial charge in [0.1, 0.15) is 5.69 Å². The molecule has 124 valence electrons. The molecule has 1 heterocycles. The van der Waals surface area contributed by atoms with Gasteiger partial charge in [0.2, 0.25) is 5.56 Å². The Morgan fingerprint density at radius 1 is 1.17 bits per heavy atom. The maximum Gasteiger partial charge on any atom is 0.431 e. The predicted octanol–water partition coefficient (Wildman–Crippen LogP) is 2.86. The van der Waals surface area contributed by atoms with Crippen LogP contribution in [0.3, 0.4) is 0 Å². The quantitative estimate of drug-likeness (QED) is 0.449. The summed E-state index contributed by atoms with van der Waals surface area (Å²) in [5.41, 5.74) is -5.47. The molecule has 0 atom stereocenters. The zero-order chi connectivity index (χ0) is 16.7. The number of aromatic nitrogens is 2. The second-order valence-electron chi connectivity index (χ2n) is 4.03. The minimum atomic E-state index is -5.28. The second kappa shape index (κ2) is 6.96. The van der Waals surface area contributed by atoms with Gasteiger partial charge in [-0.05, 0) is 0 Å². The predicted molar refractivity (Wildman–Crippen MR) is 66.4 cm³/mol. The zero-order valence-corrected chi connectivity index (χ0v) is 14.5. The van der Waals surface area contributed by atoms with E-state index in [1.165, 1.54) is 6.07 Å². The zero-order valence-electron chi connectivity index (χ0n) is 10.8. The molecule has 0 bridgehead atoms. The molecule has 1 aromatic carbocycles. The summed E-state index contributed by atoms with van der Waals surface area (Å²) in [6.45, 7) is -3.77. The van der Waals surface area contributed by atoms with Crippen LogP contribution in [0.5, 0.6) is 0 Å². The summed E-state index contributed by atoms with van der Waals surface area (Å²) >= 11 is 5.55. The Kier molecular flexibility index (Phi) is 5.93. The molecule has 0 aliphatic heterocycles. The van der Waals surface area contributed by atoms with Gasteiger partial charge >= 0.3 is 18.4 Å². The van der Waals surface area contributed by atoms with Crippen molar-refractivity contribution in [2.75, 3.05) is 0 Å². The molecule has 0 N–H and O–H groups in total. The van der Waals surface area contributed by atoms with Crippen LogP contribution in [0.1, 0.15) is 12.2 Å². The van der Waals surface area contributed by atoms with E-state index in [0.29, 0.717) is 0 Å². The molecule has 0 aliphatic rings. The van der Waals surface area contributed by atoms with Crippen LogP contribution in [0.2, 0.25) is 5.02 Å². The van der Waals surface area contributed by atoms with E-state index in [9.17, 15) is 31.5 Å². The largest absolute Gasteiger partial charge is 0.431 e. The van der Waals surface area contributed by atoms with Gasteiger partial charge in [-0.3, -0.25) is 9.36 Å². The van der Waals surface area contributed by atoms with Gasteiger partial charge in [-0.2, -0.15) is 40.2 Å². The smallest absolute Gasteiger partial charge is 0.284 e. The average Bonchev–Trinajstić information content (AvgIpc) is 2.38. The first-order valence-electron chi connectivity index (χ1n) is 5.54. The van der Waals surface area contributed by atoms with Gasteiger partial charge in [-0.1, -0.05) is 10.7 Å². The molecule has 0 amide bonds. The fourth-order valence-corrected chi connectivity index (χ4v) is 1.86. The summed E-state index contributed by atoms with van der Waals surface area (Å²) in [5.74, 6) is 0. The number of nitrogens with zero attached hydrogens (tertiary/aromatic N) is 2. The van der Waals surface area contributed by atoms with Gasteiger partial charge in [-0.15, -0.1) is 17.7 Å². The Morgan fingerprint density at radius 3 is 2.22 bits per heavy atom. The van der Waals surface area contributed by atoms with Crippen molar-refractivity contribution in [3.8, 4) is 5.69 Å². The maximum atomic E-state index is 12.8. The Morgan fingerprint density at radius 2 is 1.78 bits per heavy atom. The van der Waals surface area contributed by atoms with Crippen molar-refractivity contribution >= 4 is 11.6 Å². The van der Waals surface area contributed by atoms with Crippen molar-refractivity contribution in [2.24, 2.45) is 0 Å². The minimum absolute atomic E-state index is 0. The molecule has 0 spiro atoms. The summed E-state index contributed by atoms with van der Waals surface area (Å²) in [6, 6.07) is 5.67. The third-order valence-corrected chi connectivity index (χ3v) is 2.87. The standard InChI is InChI=1S/C12H5ClF5N2O2.W/c13-6-1-3-7(4-2-6)19-9(21)5-8(12(16,17)18)20(10(14)15)11(19)22;/h1,3-5,10H;/q-1;. The van der Waals surface area contributed by atoms with E-state index < -0.39 is 34.2 Å². The molecule has 0 aliphatic carbocycles. The SMILES string of the molecule is O=c1cc(C(F)(F)F)n(C(F)F)c(=O)n1-c1c[c-]c(Cl)cc1.[W]. The minimum Gasteiger partial charge on any atom is -0.284 e. The van der Waals surface area contributed by atoms with E-state index in [2.05, 4.69) is 6.07 Å². The van der Waals surface area contributed by atoms with Gasteiger partial charge < -0.3 is 0 Å². The fraction of sp³-hybridized carbons (Fsp3) is 0.167. The van der Waals surface area contributed by atoms with Crippen molar-refractivity contribution in [1.82, 2.24) is 9.13 Å². The van der Waals surface area contributed by atoms with E-state index in [-0.39, 0.29) is 42.4 Å². The van der Waals surface area contributed by atoms with Crippen LogP contribution < -0.4 is 11.2 Å². The average molecular weight is 523 g/mol. The Balaban J connectivity index is 0.00000264. The number of hydrogen-bond donors (Lipinski definition) is 0. The van der Waals surface area contributed by atoms with E-state index in [1.807, 2.05) is 0 Å². The van der Waals surface area contributed by atoms with Crippen molar-refractivity contribution in [2.45, 2.75) is 12.7 Å². The Labute approximate surface area is 144 Å². The number of alkyl halides is 5. The van der Waals surface area contributed by atoms with E-state index in [0.717, 1.165) is 12.1 Å². The Bertz CT molecular complexity index is 814. The summed E-state index contributed by atoms with van der Waals surface area (Å²) in [7, 11) is 0. The number of benzene rings is 1. The first kappa shape index (κ1) is 19.6. The van der Waals surface area contributed by atoms with Crippen LogP contribution in [-0.2, 0) is 27.2 Å². The van der Waals surface area contributed by atoms with Crippen LogP contribution in [-0.4, -0.2) is 9.13 Å². The topological polar surface area (TPSA) is 44.0 Å². The number of halogens is 6. The van der Waals surface area contributed by atoms with Crippen LogP contribution in [0.4, 0.5) is 22.0 Å². The summed E-state index contributed by atoms with van der Waals surface area (Å²) in [4.78, 5) is 23.6. The molecule has 23 heavy (non-hydrogen) atoms. The molecular weight excluding hydrogens is 518 g/mol. The number of hydrogen-bond acceptors (Lipinski definition) is 2. The van der Waals surface area contributed by atoms with Crippen LogP contribution in [0.15, 0.2) is 33.9 Å². The molecule has 4 nitrogen and oxygen atoms in total. The van der Waals surface area contributed by atoms with Gasteiger partial charge in [0.25, 0.3) is 0 Å². The molecule has 0 radical (unpaired) electrons. The second-order valence-corrected chi connectivity index (χ2v) is 4.43. The molecule has 2 rings (SSSR count). The van der Waals surface area contributed by atoms with Gasteiger partial charge in [-0.25, -0.2) is 9.36 Å². The molecule has 1 aromatic heterocycles. The third kappa shape index (κ3) is 3.90. The molecule has 11 heteroatoms. The van der Waals surface area contributed by atoms with E-state index in [4.69, 9.17) is 11.6 Å². The molecule has 0 fully saturated rings. The van der Waals surface area contributed by atoms with E-state index >= 15 is 0 Å². The van der Waals surface area contributed by atoms with Crippen molar-refractivity contribution in [3.05, 3.63) is 61.9 Å². The van der Waals surface area contributed by atoms with Gasteiger partial charge in [0.05, 0.1) is 0 Å². The summed E-state index contributed by atoms with van der Waals surface area (Å²) in [6.07, 6.45) is -5.28. The summed E-state index contributed by atoms with van der Waals surface area (Å²) < 4.78 is 63.1. The first-order chi connectivity index (χ1) is 10.1.